The molecular weight excluding hydrogens is 118 g/mol. The van der Waals surface area contributed by atoms with E-state index in [0.717, 1.165) is 0 Å². The first kappa shape index (κ1) is 6.01. The molecule has 1 heterocycles. The summed E-state index contributed by atoms with van der Waals surface area (Å²) in [6.07, 6.45) is 1.59. The maximum absolute atomic E-state index is 10.7. The van der Waals surface area contributed by atoms with Crippen LogP contribution in [0.5, 0.6) is 0 Å². The summed E-state index contributed by atoms with van der Waals surface area (Å²) in [6.45, 7) is 3.41. The summed E-state index contributed by atoms with van der Waals surface area (Å²) in [7, 11) is 0. The van der Waals surface area contributed by atoms with Crippen molar-refractivity contribution in [3.63, 3.8) is 0 Å². The van der Waals surface area contributed by atoms with E-state index in [1.165, 1.54) is 12.3 Å². The Bertz CT molecular complexity index is 191. The van der Waals surface area contributed by atoms with Crippen LogP contribution in [0, 0.1) is 6.92 Å². The van der Waals surface area contributed by atoms with Crippen molar-refractivity contribution in [1.29, 1.82) is 0 Å². The van der Waals surface area contributed by atoms with E-state index in [9.17, 15) is 4.79 Å². The Hall–Kier alpha value is -1.12. The first-order valence-electron chi connectivity index (χ1n) is 2.57. The second-order valence-corrected chi connectivity index (χ2v) is 1.56. The normalized spacial score (nSPS) is 9.44. The standard InChI is InChI=1S/C6H6NO2/c1-2-6(8)5-3-4-9-7-5/h3-4H,1-2H2. The van der Waals surface area contributed by atoms with Gasteiger partial charge in [0.15, 0.2) is 5.78 Å². The van der Waals surface area contributed by atoms with E-state index >= 15 is 0 Å². The summed E-state index contributed by atoms with van der Waals surface area (Å²) in [6, 6.07) is 1.52. The third kappa shape index (κ3) is 1.16. The van der Waals surface area contributed by atoms with Crippen LogP contribution in [-0.2, 0) is 0 Å². The fourth-order valence-electron chi connectivity index (χ4n) is 0.484. The van der Waals surface area contributed by atoms with Crippen molar-refractivity contribution in [2.45, 2.75) is 6.42 Å². The first-order valence-corrected chi connectivity index (χ1v) is 2.57. The second kappa shape index (κ2) is 2.44. The van der Waals surface area contributed by atoms with Crippen molar-refractivity contribution >= 4 is 5.78 Å². The average Bonchev–Trinajstić information content (AvgIpc) is 2.37. The third-order valence-electron chi connectivity index (χ3n) is 0.951. The molecule has 1 radical (unpaired) electrons. The van der Waals surface area contributed by atoms with Gasteiger partial charge in [-0.15, -0.1) is 0 Å². The van der Waals surface area contributed by atoms with Gasteiger partial charge in [0.05, 0.1) is 0 Å². The van der Waals surface area contributed by atoms with E-state index in [2.05, 4.69) is 16.6 Å². The lowest BCUT2D eigenvalue weighted by Gasteiger charge is -1.83. The van der Waals surface area contributed by atoms with Crippen molar-refractivity contribution < 1.29 is 9.32 Å². The van der Waals surface area contributed by atoms with Crippen LogP contribution in [-0.4, -0.2) is 10.9 Å². The molecule has 9 heavy (non-hydrogen) atoms. The lowest BCUT2D eigenvalue weighted by atomic mass is 10.2. The van der Waals surface area contributed by atoms with E-state index in [-0.39, 0.29) is 12.2 Å². The Balaban J connectivity index is 2.77. The fourth-order valence-corrected chi connectivity index (χ4v) is 0.484. The molecule has 0 saturated heterocycles. The largest absolute Gasteiger partial charge is 0.364 e. The molecule has 3 heteroatoms. The molecular formula is C6H6NO2. The first-order chi connectivity index (χ1) is 4.34. The van der Waals surface area contributed by atoms with Gasteiger partial charge in [-0.25, -0.2) is 0 Å². The third-order valence-corrected chi connectivity index (χ3v) is 0.951. The van der Waals surface area contributed by atoms with Crippen LogP contribution >= 0.6 is 0 Å². The van der Waals surface area contributed by atoms with Crippen LogP contribution in [0.1, 0.15) is 16.9 Å². The number of carbonyl (C=O) groups excluding carboxylic acids is 1. The van der Waals surface area contributed by atoms with E-state index in [1.54, 1.807) is 0 Å². The molecule has 0 fully saturated rings. The number of hydrogen-bond donors (Lipinski definition) is 0. The molecule has 0 aromatic carbocycles. The minimum Gasteiger partial charge on any atom is -0.364 e. The van der Waals surface area contributed by atoms with Crippen LogP contribution in [0.3, 0.4) is 0 Å². The SMILES string of the molecule is [CH2]CC(=O)c1ccon1. The topological polar surface area (TPSA) is 43.1 Å². The van der Waals surface area contributed by atoms with Crippen LogP contribution in [0.4, 0.5) is 0 Å². The number of nitrogens with zero attached hydrogens (tertiary/aromatic N) is 1. The van der Waals surface area contributed by atoms with Crippen molar-refractivity contribution in [2.24, 2.45) is 0 Å². The van der Waals surface area contributed by atoms with Crippen LogP contribution in [0.2, 0.25) is 0 Å². The summed E-state index contributed by atoms with van der Waals surface area (Å²) in [5, 5.41) is 3.42. The van der Waals surface area contributed by atoms with Gasteiger partial charge in [0.25, 0.3) is 0 Å². The van der Waals surface area contributed by atoms with Gasteiger partial charge in [0.1, 0.15) is 12.0 Å². The van der Waals surface area contributed by atoms with Crippen LogP contribution in [0.25, 0.3) is 0 Å². The van der Waals surface area contributed by atoms with Crippen molar-refractivity contribution in [1.82, 2.24) is 5.16 Å². The van der Waals surface area contributed by atoms with E-state index in [0.29, 0.717) is 5.69 Å². The zero-order valence-corrected chi connectivity index (χ0v) is 4.83. The van der Waals surface area contributed by atoms with Gasteiger partial charge in [-0.05, 0) is 6.92 Å². The Morgan fingerprint density at radius 1 is 1.89 bits per heavy atom. The second-order valence-electron chi connectivity index (χ2n) is 1.56. The van der Waals surface area contributed by atoms with E-state index in [4.69, 9.17) is 0 Å². The number of hydrogen-bond acceptors (Lipinski definition) is 3. The molecule has 0 atom stereocenters. The Morgan fingerprint density at radius 2 is 2.67 bits per heavy atom. The van der Waals surface area contributed by atoms with Crippen molar-refractivity contribution in [3.05, 3.63) is 24.9 Å². The smallest absolute Gasteiger partial charge is 0.184 e. The maximum Gasteiger partial charge on any atom is 0.184 e. The summed E-state index contributed by atoms with van der Waals surface area (Å²) in [5.74, 6) is -0.0937. The summed E-state index contributed by atoms with van der Waals surface area (Å²) in [5.41, 5.74) is 0.352. The fraction of sp³-hybridized carbons (Fsp3) is 0.167. The Kier molecular flexibility index (Phi) is 1.63. The zero-order chi connectivity index (χ0) is 6.69. The van der Waals surface area contributed by atoms with Gasteiger partial charge in [0.2, 0.25) is 0 Å². The van der Waals surface area contributed by atoms with Gasteiger partial charge in [0, 0.05) is 12.5 Å². The number of aromatic nitrogens is 1. The molecule has 0 aliphatic carbocycles. The highest BCUT2D eigenvalue weighted by molar-refractivity contribution is 5.94. The highest BCUT2D eigenvalue weighted by atomic mass is 16.5. The molecule has 0 aliphatic rings. The molecule has 1 aromatic heterocycles. The predicted molar refractivity (Wildman–Crippen MR) is 30.8 cm³/mol. The molecule has 47 valence electrons. The highest BCUT2D eigenvalue weighted by Gasteiger charge is 2.03. The number of Topliss-reactive ketones (excluding diaryl/α,β-unsaturated/α-hetero) is 1. The van der Waals surface area contributed by atoms with Gasteiger partial charge in [-0.1, -0.05) is 5.16 Å². The monoisotopic (exact) mass is 124 g/mol. The van der Waals surface area contributed by atoms with Gasteiger partial charge in [-0.3, -0.25) is 4.79 Å². The molecule has 0 saturated carbocycles. The van der Waals surface area contributed by atoms with Crippen molar-refractivity contribution in [3.8, 4) is 0 Å². The maximum atomic E-state index is 10.7. The van der Waals surface area contributed by atoms with Crippen LogP contribution in [0.15, 0.2) is 16.9 Å². The minimum absolute atomic E-state index is 0.0937. The molecule has 0 amide bonds. The number of ketones is 1. The summed E-state index contributed by atoms with van der Waals surface area (Å²) < 4.78 is 4.44. The minimum atomic E-state index is -0.0937. The van der Waals surface area contributed by atoms with Gasteiger partial charge in [-0.2, -0.15) is 0 Å². The number of carbonyl (C=O) groups is 1. The van der Waals surface area contributed by atoms with Crippen LogP contribution < -0.4 is 0 Å². The molecule has 0 bridgehead atoms. The lowest BCUT2D eigenvalue weighted by Crippen LogP contribution is -1.95. The Labute approximate surface area is 52.7 Å². The molecule has 0 N–H and O–H groups in total. The zero-order valence-electron chi connectivity index (χ0n) is 4.83. The molecule has 1 aromatic rings. The summed E-state index contributed by atoms with van der Waals surface area (Å²) in [4.78, 5) is 10.7. The molecule has 3 nitrogen and oxygen atoms in total. The van der Waals surface area contributed by atoms with E-state index in [1.807, 2.05) is 0 Å². The molecule has 0 unspecified atom stereocenters. The summed E-state index contributed by atoms with van der Waals surface area (Å²) >= 11 is 0. The van der Waals surface area contributed by atoms with Gasteiger partial charge >= 0.3 is 0 Å². The number of rotatable bonds is 2. The van der Waals surface area contributed by atoms with E-state index < -0.39 is 0 Å². The van der Waals surface area contributed by atoms with Crippen molar-refractivity contribution in [2.75, 3.05) is 0 Å². The van der Waals surface area contributed by atoms with Gasteiger partial charge < -0.3 is 4.52 Å². The molecule has 1 rings (SSSR count). The molecule has 0 spiro atoms. The Morgan fingerprint density at radius 3 is 3.11 bits per heavy atom. The predicted octanol–water partition coefficient (Wildman–Crippen LogP) is 1.08. The highest BCUT2D eigenvalue weighted by Crippen LogP contribution is 1.97. The lowest BCUT2D eigenvalue weighted by molar-refractivity contribution is 0.0986. The average molecular weight is 124 g/mol. The quantitative estimate of drug-likeness (QED) is 0.554. The molecule has 0 aliphatic heterocycles.